The zero-order valence-electron chi connectivity index (χ0n) is 17.0. The minimum atomic E-state index is -1.17. The molecule has 0 heterocycles. The number of rotatable bonds is 13. The summed E-state index contributed by atoms with van der Waals surface area (Å²) in [6.45, 7) is 2.20. The molecule has 1 aliphatic carbocycles. The van der Waals surface area contributed by atoms with Gasteiger partial charge in [-0.1, -0.05) is 39.0 Å². The first kappa shape index (κ1) is 23.9. The van der Waals surface area contributed by atoms with E-state index in [-0.39, 0.29) is 18.4 Å². The average molecular weight is 397 g/mol. The third-order valence-electron chi connectivity index (χ3n) is 5.72. The normalized spacial score (nSPS) is 21.5. The lowest BCUT2D eigenvalue weighted by Crippen LogP contribution is -2.44. The minimum absolute atomic E-state index is 0.0658. The van der Waals surface area contributed by atoms with Crippen LogP contribution in [0.25, 0.3) is 0 Å². The van der Waals surface area contributed by atoms with Gasteiger partial charge in [0.25, 0.3) is 0 Å². The van der Waals surface area contributed by atoms with Gasteiger partial charge in [0.2, 0.25) is 23.6 Å². The second kappa shape index (κ2) is 12.4. The molecule has 1 fully saturated rings. The Morgan fingerprint density at radius 1 is 0.857 bits per heavy atom. The first-order chi connectivity index (χ1) is 13.2. The van der Waals surface area contributed by atoms with Crippen LogP contribution in [0.5, 0.6) is 0 Å². The Morgan fingerprint density at radius 3 is 1.93 bits per heavy atom. The smallest absolute Gasteiger partial charge is 0.221 e. The largest absolute Gasteiger partial charge is 0.370 e. The van der Waals surface area contributed by atoms with Crippen molar-refractivity contribution in [3.05, 3.63) is 0 Å². The maximum atomic E-state index is 12.4. The molecule has 0 saturated heterocycles. The van der Waals surface area contributed by atoms with Gasteiger partial charge in [0, 0.05) is 18.9 Å². The molecule has 8 nitrogen and oxygen atoms in total. The highest BCUT2D eigenvalue weighted by Gasteiger charge is 2.34. The quantitative estimate of drug-likeness (QED) is 0.343. The van der Waals surface area contributed by atoms with Crippen molar-refractivity contribution >= 4 is 23.6 Å². The fourth-order valence-electron chi connectivity index (χ4n) is 4.04. The first-order valence-electron chi connectivity index (χ1n) is 10.4. The second-order valence-electron chi connectivity index (χ2n) is 8.03. The van der Waals surface area contributed by atoms with Crippen molar-refractivity contribution in [2.24, 2.45) is 35.0 Å². The van der Waals surface area contributed by atoms with E-state index >= 15 is 0 Å². The maximum Gasteiger partial charge on any atom is 0.221 e. The molecule has 7 N–H and O–H groups in total. The third-order valence-corrected chi connectivity index (χ3v) is 5.72. The number of nitrogens with one attached hydrogen (secondary N) is 1. The lowest BCUT2D eigenvalue weighted by atomic mass is 9.82. The van der Waals surface area contributed by atoms with Gasteiger partial charge in [-0.3, -0.25) is 19.2 Å². The van der Waals surface area contributed by atoms with E-state index < -0.39 is 36.0 Å². The van der Waals surface area contributed by atoms with Crippen molar-refractivity contribution in [3.8, 4) is 0 Å². The Bertz CT molecular complexity index is 544. The van der Waals surface area contributed by atoms with E-state index in [2.05, 4.69) is 12.2 Å². The van der Waals surface area contributed by atoms with Crippen LogP contribution in [-0.4, -0.2) is 29.7 Å². The maximum absolute atomic E-state index is 12.4. The Morgan fingerprint density at radius 2 is 1.43 bits per heavy atom. The molecule has 160 valence electrons. The topological polar surface area (TPSA) is 158 Å². The fourth-order valence-corrected chi connectivity index (χ4v) is 4.04. The van der Waals surface area contributed by atoms with Gasteiger partial charge in [0.1, 0.15) is 0 Å². The molecule has 8 heteroatoms. The molecular weight excluding hydrogens is 360 g/mol. The number of amides is 4. The van der Waals surface area contributed by atoms with Gasteiger partial charge in [-0.25, -0.2) is 0 Å². The standard InChI is InChI=1S/C20H36N4O4/c1-2-3-4-5-6-13-7-9-14(10-8-13)24-18(26)12-16(20(23)28)15(19(22)27)11-17(21)25/h13-16H,2-12H2,1H3,(H2,21,25)(H2,22,27)(H2,23,28)(H,24,26). The molecule has 1 aliphatic rings. The molecule has 2 unspecified atom stereocenters. The molecule has 1 rings (SSSR count). The lowest BCUT2D eigenvalue weighted by molar-refractivity contribution is -0.137. The van der Waals surface area contributed by atoms with Gasteiger partial charge < -0.3 is 22.5 Å². The van der Waals surface area contributed by atoms with Crippen LogP contribution in [0.4, 0.5) is 0 Å². The van der Waals surface area contributed by atoms with E-state index in [1.165, 1.54) is 32.1 Å². The first-order valence-corrected chi connectivity index (χ1v) is 10.4. The minimum Gasteiger partial charge on any atom is -0.370 e. The second-order valence-corrected chi connectivity index (χ2v) is 8.03. The van der Waals surface area contributed by atoms with E-state index in [1.54, 1.807) is 0 Å². The highest BCUT2D eigenvalue weighted by Crippen LogP contribution is 2.29. The van der Waals surface area contributed by atoms with Gasteiger partial charge in [0.05, 0.1) is 11.8 Å². The summed E-state index contributed by atoms with van der Waals surface area (Å²) in [5.74, 6) is -4.41. The molecule has 28 heavy (non-hydrogen) atoms. The molecular formula is C20H36N4O4. The summed E-state index contributed by atoms with van der Waals surface area (Å²) in [6.07, 6.45) is 9.64. The summed E-state index contributed by atoms with van der Waals surface area (Å²) in [5, 5.41) is 2.93. The van der Waals surface area contributed by atoms with Crippen LogP contribution in [0.1, 0.15) is 77.6 Å². The van der Waals surface area contributed by atoms with Crippen molar-refractivity contribution in [2.75, 3.05) is 0 Å². The molecule has 0 aromatic heterocycles. The van der Waals surface area contributed by atoms with Gasteiger partial charge in [-0.2, -0.15) is 0 Å². The van der Waals surface area contributed by atoms with Crippen LogP contribution < -0.4 is 22.5 Å². The van der Waals surface area contributed by atoms with E-state index in [4.69, 9.17) is 17.2 Å². The summed E-state index contributed by atoms with van der Waals surface area (Å²) in [5.41, 5.74) is 15.7. The predicted molar refractivity (Wildman–Crippen MR) is 106 cm³/mol. The van der Waals surface area contributed by atoms with Crippen LogP contribution in [0.15, 0.2) is 0 Å². The Kier molecular flexibility index (Phi) is 10.6. The van der Waals surface area contributed by atoms with E-state index in [9.17, 15) is 19.2 Å². The van der Waals surface area contributed by atoms with Crippen LogP contribution >= 0.6 is 0 Å². The van der Waals surface area contributed by atoms with Crippen molar-refractivity contribution < 1.29 is 19.2 Å². The number of unbranched alkanes of at least 4 members (excludes halogenated alkanes) is 3. The van der Waals surface area contributed by atoms with Crippen molar-refractivity contribution in [1.29, 1.82) is 0 Å². The van der Waals surface area contributed by atoms with Crippen LogP contribution in [0, 0.1) is 17.8 Å². The summed E-state index contributed by atoms with van der Waals surface area (Å²) >= 11 is 0. The third kappa shape index (κ3) is 8.71. The molecule has 4 amide bonds. The summed E-state index contributed by atoms with van der Waals surface area (Å²) in [4.78, 5) is 46.8. The molecule has 2 atom stereocenters. The number of primary amides is 3. The van der Waals surface area contributed by atoms with E-state index in [0.29, 0.717) is 0 Å². The fraction of sp³-hybridized carbons (Fsp3) is 0.800. The molecule has 0 aromatic rings. The number of carbonyl (C=O) groups excluding carboxylic acids is 4. The molecule has 0 aromatic carbocycles. The van der Waals surface area contributed by atoms with Gasteiger partial charge in [0.15, 0.2) is 0 Å². The zero-order chi connectivity index (χ0) is 21.1. The van der Waals surface area contributed by atoms with E-state index in [1.807, 2.05) is 0 Å². The number of hydrogen-bond donors (Lipinski definition) is 4. The van der Waals surface area contributed by atoms with Crippen molar-refractivity contribution in [2.45, 2.75) is 83.6 Å². The van der Waals surface area contributed by atoms with Gasteiger partial charge in [-0.05, 0) is 31.6 Å². The summed E-state index contributed by atoms with van der Waals surface area (Å²) in [6, 6.07) is 0.0658. The van der Waals surface area contributed by atoms with Crippen molar-refractivity contribution in [3.63, 3.8) is 0 Å². The van der Waals surface area contributed by atoms with Gasteiger partial charge in [-0.15, -0.1) is 0 Å². The highest BCUT2D eigenvalue weighted by molar-refractivity contribution is 5.92. The summed E-state index contributed by atoms with van der Waals surface area (Å²) in [7, 11) is 0. The monoisotopic (exact) mass is 396 g/mol. The molecule has 0 spiro atoms. The predicted octanol–water partition coefficient (Wildman–Crippen LogP) is 1.10. The van der Waals surface area contributed by atoms with Crippen LogP contribution in [0.2, 0.25) is 0 Å². The van der Waals surface area contributed by atoms with E-state index in [0.717, 1.165) is 31.6 Å². The number of carbonyl (C=O) groups is 4. The molecule has 0 aliphatic heterocycles. The van der Waals surface area contributed by atoms with Crippen LogP contribution in [0.3, 0.4) is 0 Å². The van der Waals surface area contributed by atoms with Crippen molar-refractivity contribution in [1.82, 2.24) is 5.32 Å². The SMILES string of the molecule is CCCCCCC1CCC(NC(=O)CC(C(N)=O)C(CC(N)=O)C(N)=O)CC1. The highest BCUT2D eigenvalue weighted by atomic mass is 16.2. The summed E-state index contributed by atoms with van der Waals surface area (Å²) < 4.78 is 0. The van der Waals surface area contributed by atoms with Gasteiger partial charge >= 0.3 is 0 Å². The average Bonchev–Trinajstić information content (AvgIpc) is 2.62. The molecule has 1 saturated carbocycles. The number of nitrogens with two attached hydrogens (primary N) is 3. The molecule has 0 radical (unpaired) electrons. The Hall–Kier alpha value is -2.12. The molecule has 0 bridgehead atoms. The van der Waals surface area contributed by atoms with Crippen LogP contribution in [-0.2, 0) is 19.2 Å². The number of hydrogen-bond acceptors (Lipinski definition) is 4. The Balaban J connectivity index is 2.48. The zero-order valence-corrected chi connectivity index (χ0v) is 17.0. The Labute approximate surface area is 167 Å². The lowest BCUT2D eigenvalue weighted by Gasteiger charge is -2.30.